The molecule has 15 N–H and O–H groups in total. The Balaban J connectivity index is 2.15. The van der Waals surface area contributed by atoms with Crippen LogP contribution >= 0.6 is 35.1 Å². The number of ketones is 3. The van der Waals surface area contributed by atoms with Gasteiger partial charge in [0.15, 0.2) is 11.6 Å². The number of hydrogen-bond donors (Lipinski definition) is 12. The van der Waals surface area contributed by atoms with E-state index in [2.05, 4.69) is 42.5 Å². The minimum Gasteiger partial charge on any atom is -0.508 e. The number of primary amides is 3. The number of likely N-dealkylation sites (tertiary alicyclic amines) is 1. The van der Waals surface area contributed by atoms with Gasteiger partial charge in [-0.15, -0.1) is 23.4 Å². The van der Waals surface area contributed by atoms with Gasteiger partial charge in [-0.25, -0.2) is 0 Å². The van der Waals surface area contributed by atoms with Gasteiger partial charge in [-0.05, 0) is 82.2 Å². The Morgan fingerprint density at radius 1 is 0.742 bits per heavy atom. The lowest BCUT2D eigenvalue weighted by Crippen LogP contribution is -2.59. The predicted molar refractivity (Wildman–Crippen MR) is 348 cm³/mol. The van der Waals surface area contributed by atoms with Gasteiger partial charge in [0.2, 0.25) is 70.9 Å². The number of phenols is 1. The molecule has 0 bridgehead atoms. The van der Waals surface area contributed by atoms with Gasteiger partial charge in [0, 0.05) is 88.5 Å². The zero-order valence-corrected chi connectivity index (χ0v) is 56.2. The van der Waals surface area contributed by atoms with Gasteiger partial charge in [0.25, 0.3) is 0 Å². The molecule has 518 valence electrons. The number of phenolic OH excluding ortho intramolecular Hbond substituents is 1. The standard InChI is InChI=1S/C61H94ClN13O16S2/c1-7-35(4)54-60(90)69-41(16-18-49(63)80)48(79)27-38(28-51(65)82)56(86)72-44(61(91)75-23-9-11-45(75)58(88)70-42(24-34(2)3)47(78)17-19-50(64)81)31-93-33-53(84)66-20-8-10-37(55(85)68-22-21-67-52(83)29-62)26-40(77)30-92-32-46(74(5)6)59(89)71-43(57(87)73-54)25-36-12-14-39(76)15-13-36/h12-15,34-35,37-38,41-46,54,76H,7-11,16-33H2,1-6H3,(H2,63,80)(H2,64,81)(H2,65,82)(H,66,84)(H,67,83)(H,68,85)(H,69,90)(H,70,88)(H,71,89)(H,72,86)(H,73,87)/t35-,37-,38-,41-,42-,43-,44-,45-,46-,54-/m0/s1. The zero-order chi connectivity index (χ0) is 69.5. The molecule has 2 aliphatic rings. The SMILES string of the molecule is CC[C@H](C)[C@@H]1NC(=O)[C@H](Cc2ccc(O)cc2)NC(=O)[C@@H](N(C)C)CSCC(=O)C[C@@H](C(=O)NCCNC(=O)CCl)CCCNC(=O)CSC[C@@H](C(=O)N2CCC[C@H]2C(=O)N[C@@H](CC(C)C)C(=O)CCC(N)=O)NC(=O)[C@H](CC(N)=O)CC(=O)[C@H](CCC(N)=O)NC1=O. The summed E-state index contributed by atoms with van der Waals surface area (Å²) in [5.74, 6) is -15.3. The molecule has 32 heteroatoms. The normalized spacial score (nSPS) is 23.2. The summed E-state index contributed by atoms with van der Waals surface area (Å²) < 4.78 is 0. The van der Waals surface area contributed by atoms with Crippen LogP contribution in [0.3, 0.4) is 0 Å². The number of hydrogen-bond acceptors (Lipinski definition) is 19. The van der Waals surface area contributed by atoms with E-state index in [-0.39, 0.29) is 130 Å². The van der Waals surface area contributed by atoms with Crippen LogP contribution < -0.4 is 59.7 Å². The number of carbonyl (C=O) groups is 15. The minimum atomic E-state index is -1.63. The maximum atomic E-state index is 14.8. The number of thioether (sulfide) groups is 2. The molecule has 2 saturated heterocycles. The summed E-state index contributed by atoms with van der Waals surface area (Å²) in [4.78, 5) is 207. The molecule has 0 aliphatic carbocycles. The van der Waals surface area contributed by atoms with Gasteiger partial charge < -0.3 is 69.7 Å². The largest absolute Gasteiger partial charge is 0.508 e. The van der Waals surface area contributed by atoms with E-state index in [1.165, 1.54) is 29.2 Å². The first kappa shape index (κ1) is 79.9. The van der Waals surface area contributed by atoms with E-state index < -0.39 is 168 Å². The number of nitrogens with zero attached hydrogens (tertiary/aromatic N) is 2. The van der Waals surface area contributed by atoms with E-state index in [0.29, 0.717) is 12.0 Å². The van der Waals surface area contributed by atoms with Gasteiger partial charge in [-0.1, -0.05) is 46.2 Å². The summed E-state index contributed by atoms with van der Waals surface area (Å²) in [6.07, 6.45) is -2.20. The molecule has 0 spiro atoms. The van der Waals surface area contributed by atoms with Crippen LogP contribution in [0.1, 0.15) is 117 Å². The first-order valence-electron chi connectivity index (χ1n) is 31.2. The summed E-state index contributed by atoms with van der Waals surface area (Å²) in [6.45, 7) is 7.07. The summed E-state index contributed by atoms with van der Waals surface area (Å²) in [5, 5.41) is 31.5. The van der Waals surface area contributed by atoms with E-state index in [0.717, 1.165) is 23.5 Å². The number of carbonyl (C=O) groups excluding carboxylic acids is 15. The number of nitrogens with one attached hydrogen (secondary N) is 8. The molecule has 2 aliphatic heterocycles. The topological polar surface area (TPSA) is 457 Å². The smallest absolute Gasteiger partial charge is 0.246 e. The third-order valence-electron chi connectivity index (χ3n) is 15.7. The summed E-state index contributed by atoms with van der Waals surface area (Å²) in [7, 11) is 3.23. The van der Waals surface area contributed by atoms with Crippen LogP contribution in [0.15, 0.2) is 24.3 Å². The van der Waals surface area contributed by atoms with Crippen LogP contribution in [0.5, 0.6) is 5.75 Å². The Kier molecular flexibility index (Phi) is 35.5. The highest BCUT2D eigenvalue weighted by atomic mass is 35.5. The third-order valence-corrected chi connectivity index (χ3v) is 18.0. The van der Waals surface area contributed by atoms with Crippen molar-refractivity contribution in [1.82, 2.24) is 52.3 Å². The van der Waals surface area contributed by atoms with Gasteiger partial charge in [0.05, 0.1) is 35.5 Å². The molecule has 1 aromatic carbocycles. The van der Waals surface area contributed by atoms with Crippen molar-refractivity contribution >= 4 is 123 Å². The average molecular weight is 1370 g/mol. The van der Waals surface area contributed by atoms with Gasteiger partial charge in [-0.2, -0.15) is 11.8 Å². The molecular weight excluding hydrogens is 1270 g/mol. The molecule has 3 rings (SSSR count). The van der Waals surface area contributed by atoms with Crippen molar-refractivity contribution in [3.05, 3.63) is 29.8 Å². The molecule has 2 fully saturated rings. The van der Waals surface area contributed by atoms with Crippen molar-refractivity contribution < 1.29 is 77.0 Å². The van der Waals surface area contributed by atoms with E-state index in [9.17, 15) is 77.0 Å². The molecule has 10 atom stereocenters. The summed E-state index contributed by atoms with van der Waals surface area (Å²) >= 11 is 7.59. The van der Waals surface area contributed by atoms with Crippen molar-refractivity contribution in [2.45, 2.75) is 160 Å². The lowest BCUT2D eigenvalue weighted by Gasteiger charge is -2.31. The molecule has 1 aromatic rings. The first-order chi connectivity index (χ1) is 43.9. The van der Waals surface area contributed by atoms with Crippen molar-refractivity contribution in [3.8, 4) is 5.75 Å². The van der Waals surface area contributed by atoms with Crippen LogP contribution in [0, 0.1) is 23.7 Å². The molecule has 0 unspecified atom stereocenters. The van der Waals surface area contributed by atoms with E-state index in [1.54, 1.807) is 32.8 Å². The maximum Gasteiger partial charge on any atom is 0.246 e. The minimum absolute atomic E-state index is 0.000125. The van der Waals surface area contributed by atoms with Gasteiger partial charge >= 0.3 is 0 Å². The van der Waals surface area contributed by atoms with Crippen molar-refractivity contribution in [1.29, 1.82) is 0 Å². The first-order valence-corrected chi connectivity index (χ1v) is 34.0. The highest BCUT2D eigenvalue weighted by Crippen LogP contribution is 2.24. The number of likely N-dealkylation sites (N-methyl/N-ethyl adjacent to an activating group) is 1. The Bertz CT molecular complexity index is 2800. The zero-order valence-electron chi connectivity index (χ0n) is 53.8. The van der Waals surface area contributed by atoms with Crippen LogP contribution in [0.4, 0.5) is 0 Å². The van der Waals surface area contributed by atoms with E-state index >= 15 is 0 Å². The lowest BCUT2D eigenvalue weighted by molar-refractivity contribution is -0.142. The number of amides is 12. The van der Waals surface area contributed by atoms with Crippen LogP contribution in [-0.4, -0.2) is 215 Å². The monoisotopic (exact) mass is 1360 g/mol. The molecular formula is C61H94ClN13O16S2. The Morgan fingerprint density at radius 2 is 1.40 bits per heavy atom. The van der Waals surface area contributed by atoms with Gasteiger partial charge in [0.1, 0.15) is 41.6 Å². The van der Waals surface area contributed by atoms with Crippen LogP contribution in [0.25, 0.3) is 0 Å². The fourth-order valence-corrected chi connectivity index (χ4v) is 12.4. The molecule has 0 saturated carbocycles. The maximum absolute atomic E-state index is 14.8. The van der Waals surface area contributed by atoms with Crippen LogP contribution in [0.2, 0.25) is 0 Å². The van der Waals surface area contributed by atoms with E-state index in [1.807, 2.05) is 13.8 Å². The predicted octanol–water partition coefficient (Wildman–Crippen LogP) is -1.65. The molecule has 12 amide bonds. The third kappa shape index (κ3) is 29.2. The second-order valence-electron chi connectivity index (χ2n) is 24.0. The lowest BCUT2D eigenvalue weighted by atomic mass is 9.91. The second kappa shape index (κ2) is 41.4. The quantitative estimate of drug-likeness (QED) is 0.0407. The fourth-order valence-electron chi connectivity index (χ4n) is 10.3. The van der Waals surface area contributed by atoms with E-state index in [4.69, 9.17) is 28.8 Å². The number of alkyl halides is 1. The summed E-state index contributed by atoms with van der Waals surface area (Å²) in [5.41, 5.74) is 17.0. The molecule has 0 radical (unpaired) electrons. The highest BCUT2D eigenvalue weighted by molar-refractivity contribution is 8.00. The van der Waals surface area contributed by atoms with Crippen molar-refractivity contribution in [3.63, 3.8) is 0 Å². The Labute approximate surface area is 555 Å². The number of halogens is 1. The number of rotatable bonds is 24. The molecule has 0 aromatic heterocycles. The number of benzene rings is 1. The number of aromatic hydroxyl groups is 1. The summed E-state index contributed by atoms with van der Waals surface area (Å²) in [6, 6.07) is -3.30. The second-order valence-corrected chi connectivity index (χ2v) is 26.3. The number of Topliss-reactive ketones (excluding diaryl/α,β-unsaturated/α-hetero) is 3. The molecule has 29 nitrogen and oxygen atoms in total. The van der Waals surface area contributed by atoms with Crippen molar-refractivity contribution in [2.24, 2.45) is 40.9 Å². The fraction of sp³-hybridized carbons (Fsp3) is 0.656. The van der Waals surface area contributed by atoms with Crippen LogP contribution in [-0.2, 0) is 78.3 Å². The Morgan fingerprint density at radius 3 is 2.02 bits per heavy atom. The average Bonchev–Trinajstić information content (AvgIpc) is 1.84. The highest BCUT2D eigenvalue weighted by Gasteiger charge is 2.41. The molecule has 2 heterocycles. The van der Waals surface area contributed by atoms with Crippen molar-refractivity contribution in [2.75, 3.05) is 69.2 Å². The number of nitrogens with two attached hydrogens (primary N) is 3. The molecule has 93 heavy (non-hydrogen) atoms. The van der Waals surface area contributed by atoms with Gasteiger partial charge in [-0.3, -0.25) is 76.8 Å². The Hall–Kier alpha value is -7.38.